The van der Waals surface area contributed by atoms with Crippen LogP contribution in [0.1, 0.15) is 15.9 Å². The normalized spacial score (nSPS) is 10.7. The maximum atomic E-state index is 12.8. The largest absolute Gasteiger partial charge is 0.294 e. The van der Waals surface area contributed by atoms with Crippen molar-refractivity contribution < 1.29 is 9.18 Å². The summed E-state index contributed by atoms with van der Waals surface area (Å²) >= 11 is 0. The summed E-state index contributed by atoms with van der Waals surface area (Å²) in [4.78, 5) is 16.5. The van der Waals surface area contributed by atoms with E-state index < -0.39 is 0 Å². The highest BCUT2D eigenvalue weighted by atomic mass is 19.1. The monoisotopic (exact) mass is 265 g/mol. The predicted octanol–water partition coefficient (Wildman–Crippen LogP) is 3.80. The zero-order valence-corrected chi connectivity index (χ0v) is 10.7. The maximum Gasteiger partial charge on any atom is 0.168 e. The summed E-state index contributed by atoms with van der Waals surface area (Å²) in [5.74, 6) is -0.316. The molecule has 0 unspecified atom stereocenters. The van der Waals surface area contributed by atoms with E-state index >= 15 is 0 Å². The van der Waals surface area contributed by atoms with Gasteiger partial charge in [-0.05, 0) is 29.8 Å². The van der Waals surface area contributed by atoms with Crippen LogP contribution < -0.4 is 0 Å². The third kappa shape index (κ3) is 2.57. The second kappa shape index (κ2) is 5.21. The summed E-state index contributed by atoms with van der Waals surface area (Å²) in [5, 5.41) is 0.942. The minimum Gasteiger partial charge on any atom is -0.294 e. The van der Waals surface area contributed by atoms with Gasteiger partial charge >= 0.3 is 0 Å². The van der Waals surface area contributed by atoms with Gasteiger partial charge in [0.1, 0.15) is 5.82 Å². The van der Waals surface area contributed by atoms with Crippen LogP contribution in [-0.2, 0) is 6.42 Å². The smallest absolute Gasteiger partial charge is 0.168 e. The van der Waals surface area contributed by atoms with Gasteiger partial charge in [0.15, 0.2) is 5.78 Å². The van der Waals surface area contributed by atoms with Gasteiger partial charge in [-0.3, -0.25) is 9.78 Å². The van der Waals surface area contributed by atoms with E-state index in [1.807, 2.05) is 30.3 Å². The molecule has 0 aliphatic rings. The third-order valence-corrected chi connectivity index (χ3v) is 3.19. The van der Waals surface area contributed by atoms with Crippen LogP contribution in [0.15, 0.2) is 60.8 Å². The number of benzene rings is 2. The third-order valence-electron chi connectivity index (χ3n) is 3.19. The number of Topliss-reactive ketones (excluding diaryl/α,β-unsaturated/α-hetero) is 1. The number of aromatic nitrogens is 1. The highest BCUT2D eigenvalue weighted by molar-refractivity contribution is 5.99. The van der Waals surface area contributed by atoms with E-state index in [0.29, 0.717) is 5.56 Å². The fraction of sp³-hybridized carbons (Fsp3) is 0.0588. The molecule has 0 bridgehead atoms. The molecule has 20 heavy (non-hydrogen) atoms. The summed E-state index contributed by atoms with van der Waals surface area (Å²) in [6.07, 6.45) is 1.84. The van der Waals surface area contributed by atoms with Crippen LogP contribution in [0.5, 0.6) is 0 Å². The molecule has 0 aliphatic heterocycles. The number of rotatable bonds is 3. The first-order chi connectivity index (χ1) is 9.72. The fourth-order valence-corrected chi connectivity index (χ4v) is 2.11. The molecule has 98 valence electrons. The van der Waals surface area contributed by atoms with Gasteiger partial charge in [-0.1, -0.05) is 30.3 Å². The summed E-state index contributed by atoms with van der Waals surface area (Å²) < 4.78 is 12.8. The Morgan fingerprint density at radius 2 is 1.80 bits per heavy atom. The number of nitrogens with zero attached hydrogens (tertiary/aromatic N) is 1. The van der Waals surface area contributed by atoms with Crippen molar-refractivity contribution in [3.63, 3.8) is 0 Å². The van der Waals surface area contributed by atoms with E-state index in [1.54, 1.807) is 18.3 Å². The van der Waals surface area contributed by atoms with E-state index in [-0.39, 0.29) is 18.0 Å². The molecule has 0 N–H and O–H groups in total. The fourth-order valence-electron chi connectivity index (χ4n) is 2.11. The van der Waals surface area contributed by atoms with Crippen LogP contribution in [0, 0.1) is 5.82 Å². The molecule has 0 fully saturated rings. The zero-order chi connectivity index (χ0) is 13.9. The Hall–Kier alpha value is -2.55. The first-order valence-electron chi connectivity index (χ1n) is 6.35. The Morgan fingerprint density at radius 1 is 1.05 bits per heavy atom. The summed E-state index contributed by atoms with van der Waals surface area (Å²) in [7, 11) is 0. The number of halogens is 1. The molecule has 1 heterocycles. The van der Waals surface area contributed by atoms with Crippen LogP contribution >= 0.6 is 0 Å². The Morgan fingerprint density at radius 3 is 2.60 bits per heavy atom. The maximum absolute atomic E-state index is 12.8. The van der Waals surface area contributed by atoms with Crippen molar-refractivity contribution in [2.75, 3.05) is 0 Å². The first kappa shape index (κ1) is 12.5. The molecule has 3 heteroatoms. The van der Waals surface area contributed by atoms with E-state index in [9.17, 15) is 9.18 Å². The highest BCUT2D eigenvalue weighted by Gasteiger charge is 2.08. The Bertz CT molecular complexity index is 765. The molecule has 0 amide bonds. The molecule has 0 saturated carbocycles. The highest BCUT2D eigenvalue weighted by Crippen LogP contribution is 2.15. The van der Waals surface area contributed by atoms with Crippen molar-refractivity contribution >= 4 is 16.7 Å². The zero-order valence-electron chi connectivity index (χ0n) is 10.7. The van der Waals surface area contributed by atoms with Gasteiger partial charge in [-0.25, -0.2) is 4.39 Å². The second-order valence-electron chi connectivity index (χ2n) is 4.64. The minimum absolute atomic E-state index is 0.0186. The van der Waals surface area contributed by atoms with Crippen molar-refractivity contribution in [2.24, 2.45) is 0 Å². The summed E-state index contributed by atoms with van der Waals surface area (Å²) in [6, 6.07) is 15.5. The molecule has 3 rings (SSSR count). The molecule has 2 nitrogen and oxygen atoms in total. The average Bonchev–Trinajstić information content (AvgIpc) is 2.49. The number of hydrogen-bond donors (Lipinski definition) is 0. The standard InChI is InChI=1S/C17H12FNO/c18-15-7-5-12(6-8-15)9-17(20)14-10-13-3-1-2-4-16(13)19-11-14/h1-8,10-11H,9H2. The molecule has 3 aromatic rings. The number of carbonyl (C=O) groups excluding carboxylic acids is 1. The van der Waals surface area contributed by atoms with Gasteiger partial charge < -0.3 is 0 Å². The van der Waals surface area contributed by atoms with Crippen LogP contribution in [-0.4, -0.2) is 10.8 Å². The summed E-state index contributed by atoms with van der Waals surface area (Å²) in [6.45, 7) is 0. The number of hydrogen-bond acceptors (Lipinski definition) is 2. The van der Waals surface area contributed by atoms with Crippen molar-refractivity contribution in [1.82, 2.24) is 4.98 Å². The van der Waals surface area contributed by atoms with Crippen molar-refractivity contribution in [3.8, 4) is 0 Å². The lowest BCUT2D eigenvalue weighted by atomic mass is 10.0. The molecular formula is C17H12FNO. The topological polar surface area (TPSA) is 30.0 Å². The van der Waals surface area contributed by atoms with Gasteiger partial charge in [0.05, 0.1) is 5.52 Å². The lowest BCUT2D eigenvalue weighted by Gasteiger charge is -2.03. The number of para-hydroxylation sites is 1. The minimum atomic E-state index is -0.298. The first-order valence-corrected chi connectivity index (χ1v) is 6.35. The molecule has 0 atom stereocenters. The van der Waals surface area contributed by atoms with Gasteiger partial charge in [-0.15, -0.1) is 0 Å². The van der Waals surface area contributed by atoms with Crippen LogP contribution in [0.3, 0.4) is 0 Å². The summed E-state index contributed by atoms with van der Waals surface area (Å²) in [5.41, 5.74) is 2.24. The van der Waals surface area contributed by atoms with Gasteiger partial charge in [0.25, 0.3) is 0 Å². The predicted molar refractivity (Wildman–Crippen MR) is 76.2 cm³/mol. The van der Waals surface area contributed by atoms with Gasteiger partial charge in [0, 0.05) is 23.6 Å². The van der Waals surface area contributed by atoms with E-state index in [1.165, 1.54) is 12.1 Å². The molecule has 2 aromatic carbocycles. The molecule has 1 aromatic heterocycles. The van der Waals surface area contributed by atoms with Gasteiger partial charge in [-0.2, -0.15) is 0 Å². The van der Waals surface area contributed by atoms with E-state index in [4.69, 9.17) is 0 Å². The van der Waals surface area contributed by atoms with Crippen molar-refractivity contribution in [3.05, 3.63) is 77.7 Å². The molecular weight excluding hydrogens is 253 g/mol. The Balaban J connectivity index is 1.86. The Labute approximate surface area is 115 Å². The van der Waals surface area contributed by atoms with Gasteiger partial charge in [0.2, 0.25) is 0 Å². The van der Waals surface area contributed by atoms with E-state index in [0.717, 1.165) is 16.5 Å². The lowest BCUT2D eigenvalue weighted by molar-refractivity contribution is 0.0993. The second-order valence-corrected chi connectivity index (χ2v) is 4.64. The molecule has 0 radical (unpaired) electrons. The quantitative estimate of drug-likeness (QED) is 0.674. The van der Waals surface area contributed by atoms with E-state index in [2.05, 4.69) is 4.98 Å². The van der Waals surface area contributed by atoms with Crippen LogP contribution in [0.2, 0.25) is 0 Å². The number of fused-ring (bicyclic) bond motifs is 1. The Kier molecular flexibility index (Phi) is 3.25. The lowest BCUT2D eigenvalue weighted by Crippen LogP contribution is -2.04. The van der Waals surface area contributed by atoms with Crippen LogP contribution in [0.25, 0.3) is 10.9 Å². The molecule has 0 aliphatic carbocycles. The number of ketones is 1. The molecule has 0 saturated heterocycles. The average molecular weight is 265 g/mol. The number of pyridine rings is 1. The van der Waals surface area contributed by atoms with Crippen molar-refractivity contribution in [2.45, 2.75) is 6.42 Å². The van der Waals surface area contributed by atoms with Crippen LogP contribution in [0.4, 0.5) is 4.39 Å². The SMILES string of the molecule is O=C(Cc1ccc(F)cc1)c1cnc2ccccc2c1. The molecule has 0 spiro atoms. The van der Waals surface area contributed by atoms with Crippen molar-refractivity contribution in [1.29, 1.82) is 0 Å². The number of carbonyl (C=O) groups is 1.